The first-order valence-corrected chi connectivity index (χ1v) is 11.7. The lowest BCUT2D eigenvalue weighted by Crippen LogP contribution is -2.09. The summed E-state index contributed by atoms with van der Waals surface area (Å²) in [4.78, 5) is 17.3. The number of methoxy groups -OCH3 is 1. The van der Waals surface area contributed by atoms with Crippen molar-refractivity contribution < 1.29 is 18.8 Å². The maximum atomic E-state index is 12.8. The topological polar surface area (TPSA) is 73.9 Å². The fraction of sp³-hybridized carbons (Fsp3) is 0.0645. The van der Waals surface area contributed by atoms with E-state index in [1.54, 1.807) is 24.4 Å². The van der Waals surface area contributed by atoms with Gasteiger partial charge in [-0.2, -0.15) is 0 Å². The molecule has 5 aromatic rings. The molecule has 6 nitrogen and oxygen atoms in total. The van der Waals surface area contributed by atoms with Crippen molar-refractivity contribution in [3.63, 3.8) is 0 Å². The van der Waals surface area contributed by atoms with Crippen LogP contribution in [0.2, 0.25) is 0 Å². The van der Waals surface area contributed by atoms with Crippen LogP contribution in [0.1, 0.15) is 21.6 Å². The van der Waals surface area contributed by atoms with Crippen molar-refractivity contribution in [3.05, 3.63) is 120 Å². The van der Waals surface area contributed by atoms with Crippen molar-refractivity contribution in [2.24, 2.45) is 4.99 Å². The third-order valence-corrected chi connectivity index (χ3v) is 5.78. The van der Waals surface area contributed by atoms with Gasteiger partial charge in [0.05, 0.1) is 12.8 Å². The summed E-state index contributed by atoms with van der Waals surface area (Å²) < 4.78 is 16.3. The lowest BCUT2D eigenvalue weighted by atomic mass is 10.1. The Labute approximate surface area is 214 Å². The molecule has 0 atom stereocenters. The third kappa shape index (κ3) is 5.65. The maximum Gasteiger partial charge on any atom is 0.366 e. The fourth-order valence-electron chi connectivity index (χ4n) is 3.75. The van der Waals surface area contributed by atoms with Crippen molar-refractivity contribution in [1.29, 1.82) is 0 Å². The van der Waals surface area contributed by atoms with Crippen LogP contribution in [0, 0.1) is 6.92 Å². The first-order chi connectivity index (χ1) is 18.1. The minimum atomic E-state index is -0.647. The minimum Gasteiger partial charge on any atom is -0.493 e. The van der Waals surface area contributed by atoms with Crippen LogP contribution in [0.15, 0.2) is 113 Å². The van der Waals surface area contributed by atoms with Crippen molar-refractivity contribution in [1.82, 2.24) is 5.16 Å². The Morgan fingerprint density at radius 3 is 2.24 bits per heavy atom. The van der Waals surface area contributed by atoms with E-state index in [2.05, 4.69) is 22.3 Å². The molecule has 0 radical (unpaired) electrons. The lowest BCUT2D eigenvalue weighted by molar-refractivity contribution is 0.0719. The standard InChI is InChI=1S/C31H24N2O4/c1-21-8-11-25(12-9-21)29-19-27(33-37-29)31(34)36-30-18-22(10-17-28(30)35-2)20-32-26-15-13-24(14-16-26)23-6-4-3-5-7-23/h3-20H,1-2H3. The van der Waals surface area contributed by atoms with Gasteiger partial charge < -0.3 is 14.0 Å². The maximum absolute atomic E-state index is 12.8. The van der Waals surface area contributed by atoms with Gasteiger partial charge >= 0.3 is 5.97 Å². The van der Waals surface area contributed by atoms with Crippen molar-refractivity contribution in [3.8, 4) is 33.9 Å². The molecule has 5 rings (SSSR count). The highest BCUT2D eigenvalue weighted by atomic mass is 16.6. The molecular formula is C31H24N2O4. The second-order valence-electron chi connectivity index (χ2n) is 8.41. The van der Waals surface area contributed by atoms with Crippen LogP contribution in [-0.4, -0.2) is 24.5 Å². The van der Waals surface area contributed by atoms with Gasteiger partial charge in [-0.3, -0.25) is 4.99 Å². The normalized spacial score (nSPS) is 11.0. The highest BCUT2D eigenvalue weighted by Gasteiger charge is 2.18. The zero-order valence-electron chi connectivity index (χ0n) is 20.4. The molecule has 1 heterocycles. The van der Waals surface area contributed by atoms with Crippen LogP contribution in [0.3, 0.4) is 0 Å². The second kappa shape index (κ2) is 10.7. The Kier molecular flexibility index (Phi) is 6.90. The quantitative estimate of drug-likeness (QED) is 0.137. The van der Waals surface area contributed by atoms with Gasteiger partial charge in [0, 0.05) is 17.8 Å². The van der Waals surface area contributed by atoms with E-state index >= 15 is 0 Å². The van der Waals surface area contributed by atoms with Crippen molar-refractivity contribution in [2.45, 2.75) is 6.92 Å². The zero-order chi connectivity index (χ0) is 25.6. The highest BCUT2D eigenvalue weighted by Crippen LogP contribution is 2.29. The summed E-state index contributed by atoms with van der Waals surface area (Å²) in [6.07, 6.45) is 1.71. The molecular weight excluding hydrogens is 464 g/mol. The number of carbonyl (C=O) groups excluding carboxylic acids is 1. The smallest absolute Gasteiger partial charge is 0.366 e. The molecule has 1 aromatic heterocycles. The van der Waals surface area contributed by atoms with Crippen LogP contribution in [-0.2, 0) is 0 Å². The van der Waals surface area contributed by atoms with Gasteiger partial charge in [-0.25, -0.2) is 4.79 Å². The van der Waals surface area contributed by atoms with E-state index in [0.29, 0.717) is 11.5 Å². The molecule has 0 saturated heterocycles. The molecule has 4 aromatic carbocycles. The molecule has 37 heavy (non-hydrogen) atoms. The van der Waals surface area contributed by atoms with E-state index in [1.165, 1.54) is 7.11 Å². The number of aliphatic imine (C=N–C) groups is 1. The number of aromatic nitrogens is 1. The van der Waals surface area contributed by atoms with Gasteiger partial charge in [0.15, 0.2) is 23.0 Å². The molecule has 6 heteroatoms. The van der Waals surface area contributed by atoms with Crippen LogP contribution < -0.4 is 9.47 Å². The average molecular weight is 489 g/mol. The fourth-order valence-corrected chi connectivity index (χ4v) is 3.75. The predicted octanol–water partition coefficient (Wildman–Crippen LogP) is 7.30. The van der Waals surface area contributed by atoms with Gasteiger partial charge in [0.1, 0.15) is 0 Å². The molecule has 0 saturated carbocycles. The summed E-state index contributed by atoms with van der Waals surface area (Å²) in [5, 5.41) is 3.88. The monoisotopic (exact) mass is 488 g/mol. The summed E-state index contributed by atoms with van der Waals surface area (Å²) >= 11 is 0. The SMILES string of the molecule is COc1ccc(C=Nc2ccc(-c3ccccc3)cc2)cc1OC(=O)c1cc(-c2ccc(C)cc2)on1. The number of benzene rings is 4. The molecule has 0 N–H and O–H groups in total. The van der Waals surface area contributed by atoms with Gasteiger partial charge in [-0.15, -0.1) is 0 Å². The summed E-state index contributed by atoms with van der Waals surface area (Å²) in [5.74, 6) is 0.514. The van der Waals surface area contributed by atoms with Crippen molar-refractivity contribution >= 4 is 17.9 Å². The highest BCUT2D eigenvalue weighted by molar-refractivity contribution is 5.91. The number of aryl methyl sites for hydroxylation is 1. The molecule has 0 aliphatic heterocycles. The predicted molar refractivity (Wildman–Crippen MR) is 144 cm³/mol. The molecule has 0 aliphatic rings. The van der Waals surface area contributed by atoms with Gasteiger partial charge in [0.25, 0.3) is 0 Å². The summed E-state index contributed by atoms with van der Waals surface area (Å²) in [7, 11) is 1.51. The number of hydrogen-bond donors (Lipinski definition) is 0. The largest absolute Gasteiger partial charge is 0.493 e. The first-order valence-electron chi connectivity index (χ1n) is 11.7. The number of nitrogens with zero attached hydrogens (tertiary/aromatic N) is 2. The van der Waals surface area contributed by atoms with Crippen molar-refractivity contribution in [2.75, 3.05) is 7.11 Å². The van der Waals surface area contributed by atoms with E-state index in [1.807, 2.05) is 79.7 Å². The van der Waals surface area contributed by atoms with E-state index in [0.717, 1.165) is 33.5 Å². The van der Waals surface area contributed by atoms with Crippen LogP contribution in [0.5, 0.6) is 11.5 Å². The van der Waals surface area contributed by atoms with Crippen LogP contribution in [0.25, 0.3) is 22.5 Å². The summed E-state index contributed by atoms with van der Waals surface area (Å²) in [6.45, 7) is 2.00. The zero-order valence-corrected chi connectivity index (χ0v) is 20.4. The minimum absolute atomic E-state index is 0.0650. The first kappa shape index (κ1) is 23.8. The molecule has 0 bridgehead atoms. The Bertz CT molecular complexity index is 1540. The molecule has 0 spiro atoms. The van der Waals surface area contributed by atoms with Gasteiger partial charge in [-0.1, -0.05) is 77.5 Å². The number of ether oxygens (including phenoxy) is 2. The average Bonchev–Trinajstić information content (AvgIpc) is 3.44. The molecule has 0 unspecified atom stereocenters. The van der Waals surface area contributed by atoms with E-state index in [-0.39, 0.29) is 11.4 Å². The summed E-state index contributed by atoms with van der Waals surface area (Å²) in [6, 6.07) is 32.7. The molecule has 0 aliphatic carbocycles. The van der Waals surface area contributed by atoms with E-state index in [4.69, 9.17) is 14.0 Å². The van der Waals surface area contributed by atoms with E-state index < -0.39 is 5.97 Å². The Morgan fingerprint density at radius 1 is 0.811 bits per heavy atom. The second-order valence-corrected chi connectivity index (χ2v) is 8.41. The Hall–Kier alpha value is -4.97. The molecule has 0 amide bonds. The summed E-state index contributed by atoms with van der Waals surface area (Å²) in [5.41, 5.74) is 5.84. The van der Waals surface area contributed by atoms with E-state index in [9.17, 15) is 4.79 Å². The molecule has 182 valence electrons. The molecule has 0 fully saturated rings. The van der Waals surface area contributed by atoms with Crippen LogP contribution in [0.4, 0.5) is 5.69 Å². The lowest BCUT2D eigenvalue weighted by Gasteiger charge is -2.09. The van der Waals surface area contributed by atoms with Gasteiger partial charge in [0.2, 0.25) is 0 Å². The number of hydrogen-bond acceptors (Lipinski definition) is 6. The number of carbonyl (C=O) groups is 1. The van der Waals surface area contributed by atoms with Gasteiger partial charge in [-0.05, 0) is 53.9 Å². The Morgan fingerprint density at radius 2 is 1.51 bits per heavy atom. The third-order valence-electron chi connectivity index (χ3n) is 5.78. The number of esters is 1. The van der Waals surface area contributed by atoms with Crippen LogP contribution >= 0.6 is 0 Å². The Balaban J connectivity index is 1.31. The number of rotatable bonds is 7.